The lowest BCUT2D eigenvalue weighted by Crippen LogP contribution is -2.31. The molecule has 0 aromatic heterocycles. The Hall–Kier alpha value is -2.36. The van der Waals surface area contributed by atoms with E-state index in [4.69, 9.17) is 0 Å². The highest BCUT2D eigenvalue weighted by Crippen LogP contribution is 2.25. The van der Waals surface area contributed by atoms with Crippen molar-refractivity contribution in [2.75, 3.05) is 12.4 Å². The van der Waals surface area contributed by atoms with Gasteiger partial charge in [0.25, 0.3) is 5.91 Å². The molecule has 0 radical (unpaired) electrons. The maximum absolute atomic E-state index is 11.9. The summed E-state index contributed by atoms with van der Waals surface area (Å²) < 4.78 is 0. The lowest BCUT2D eigenvalue weighted by molar-refractivity contribution is -0.136. The Balaban J connectivity index is 1.94. The van der Waals surface area contributed by atoms with Crippen molar-refractivity contribution < 1.29 is 9.59 Å². The van der Waals surface area contributed by atoms with E-state index in [1.165, 1.54) is 11.9 Å². The lowest BCUT2D eigenvalue weighted by atomic mass is 10.1. The molecule has 19 heavy (non-hydrogen) atoms. The maximum atomic E-state index is 11.9. The second kappa shape index (κ2) is 4.39. The van der Waals surface area contributed by atoms with Crippen molar-refractivity contribution in [1.82, 2.24) is 4.90 Å². The van der Waals surface area contributed by atoms with E-state index in [9.17, 15) is 9.59 Å². The van der Waals surface area contributed by atoms with Crippen LogP contribution in [0.2, 0.25) is 0 Å². The monoisotopic (exact) mass is 254 g/mol. The van der Waals surface area contributed by atoms with Gasteiger partial charge in [-0.25, -0.2) is 0 Å². The van der Waals surface area contributed by atoms with Gasteiger partial charge in [-0.2, -0.15) is 0 Å². The Labute approximate surface area is 111 Å². The van der Waals surface area contributed by atoms with Gasteiger partial charge in [-0.3, -0.25) is 14.5 Å². The summed E-state index contributed by atoms with van der Waals surface area (Å²) in [7, 11) is 1.52. The van der Waals surface area contributed by atoms with Crippen LogP contribution in [0.25, 0.3) is 10.8 Å². The number of likely N-dealkylation sites (N-methyl/N-ethyl adjacent to an activating group) is 1. The van der Waals surface area contributed by atoms with Crippen LogP contribution < -0.4 is 5.32 Å². The zero-order valence-corrected chi connectivity index (χ0v) is 10.6. The standard InChI is InChI=1S/C15H14N2O2/c1-17-14(18)9-13(15(17)19)16-12-8-4-6-10-5-2-3-7-11(10)12/h2-8,13,16H,9H2,1H3. The first kappa shape index (κ1) is 11.7. The van der Waals surface area contributed by atoms with Gasteiger partial charge in [-0.15, -0.1) is 0 Å². The van der Waals surface area contributed by atoms with Crippen LogP contribution in [0.3, 0.4) is 0 Å². The molecule has 0 bridgehead atoms. The average molecular weight is 254 g/mol. The third-order valence-corrected chi connectivity index (χ3v) is 3.50. The lowest BCUT2D eigenvalue weighted by Gasteiger charge is -2.14. The zero-order valence-electron chi connectivity index (χ0n) is 10.6. The molecule has 0 saturated carbocycles. The summed E-state index contributed by atoms with van der Waals surface area (Å²) in [6.45, 7) is 0. The number of hydrogen-bond acceptors (Lipinski definition) is 3. The summed E-state index contributed by atoms with van der Waals surface area (Å²) in [6, 6.07) is 13.4. The van der Waals surface area contributed by atoms with E-state index in [-0.39, 0.29) is 18.2 Å². The second-order valence-electron chi connectivity index (χ2n) is 4.72. The quantitative estimate of drug-likeness (QED) is 0.834. The van der Waals surface area contributed by atoms with Gasteiger partial charge in [0.2, 0.25) is 5.91 Å². The van der Waals surface area contributed by atoms with Crippen LogP contribution in [0.5, 0.6) is 0 Å². The maximum Gasteiger partial charge on any atom is 0.251 e. The van der Waals surface area contributed by atoms with E-state index in [2.05, 4.69) is 5.32 Å². The second-order valence-corrected chi connectivity index (χ2v) is 4.72. The predicted molar refractivity (Wildman–Crippen MR) is 73.8 cm³/mol. The fraction of sp³-hybridized carbons (Fsp3) is 0.200. The molecule has 1 N–H and O–H groups in total. The number of likely N-dealkylation sites (tertiary alicyclic amines) is 1. The van der Waals surface area contributed by atoms with Crippen molar-refractivity contribution in [2.45, 2.75) is 12.5 Å². The van der Waals surface area contributed by atoms with E-state index >= 15 is 0 Å². The minimum Gasteiger partial charge on any atom is -0.373 e. The number of fused-ring (bicyclic) bond motifs is 1. The Morgan fingerprint density at radius 1 is 1.11 bits per heavy atom. The van der Waals surface area contributed by atoms with Crippen molar-refractivity contribution in [3.63, 3.8) is 0 Å². The highest BCUT2D eigenvalue weighted by molar-refractivity contribution is 6.07. The van der Waals surface area contributed by atoms with Crippen molar-refractivity contribution in [3.8, 4) is 0 Å². The molecular formula is C15H14N2O2. The van der Waals surface area contributed by atoms with Crippen LogP contribution in [-0.2, 0) is 9.59 Å². The van der Waals surface area contributed by atoms with E-state index in [1.54, 1.807) is 0 Å². The van der Waals surface area contributed by atoms with E-state index < -0.39 is 6.04 Å². The molecule has 3 rings (SSSR count). The number of nitrogens with zero attached hydrogens (tertiary/aromatic N) is 1. The first-order valence-corrected chi connectivity index (χ1v) is 6.21. The number of carbonyl (C=O) groups is 2. The van der Waals surface area contributed by atoms with Gasteiger partial charge in [-0.1, -0.05) is 36.4 Å². The van der Waals surface area contributed by atoms with Gasteiger partial charge in [0.05, 0.1) is 6.42 Å². The molecule has 1 heterocycles. The molecule has 1 aliphatic rings. The third kappa shape index (κ3) is 1.95. The summed E-state index contributed by atoms with van der Waals surface area (Å²) in [5.41, 5.74) is 0.888. The number of hydrogen-bond donors (Lipinski definition) is 1. The molecule has 96 valence electrons. The Morgan fingerprint density at radius 2 is 1.84 bits per heavy atom. The SMILES string of the molecule is CN1C(=O)CC(Nc2cccc3ccccc23)C1=O. The molecule has 1 fully saturated rings. The van der Waals surface area contributed by atoms with Crippen LogP contribution in [0.1, 0.15) is 6.42 Å². The van der Waals surface area contributed by atoms with E-state index in [0.717, 1.165) is 16.5 Å². The highest BCUT2D eigenvalue weighted by atomic mass is 16.2. The summed E-state index contributed by atoms with van der Waals surface area (Å²) in [4.78, 5) is 24.6. The van der Waals surface area contributed by atoms with Crippen LogP contribution in [0, 0.1) is 0 Å². The fourth-order valence-corrected chi connectivity index (χ4v) is 2.41. The zero-order chi connectivity index (χ0) is 13.4. The molecule has 4 heteroatoms. The average Bonchev–Trinajstić information content (AvgIpc) is 2.67. The van der Waals surface area contributed by atoms with Gasteiger partial charge < -0.3 is 5.32 Å². The Kier molecular flexibility index (Phi) is 2.71. The summed E-state index contributed by atoms with van der Waals surface area (Å²) in [5, 5.41) is 5.35. The molecule has 1 aliphatic heterocycles. The fourth-order valence-electron chi connectivity index (χ4n) is 2.41. The molecule has 1 atom stereocenters. The molecular weight excluding hydrogens is 240 g/mol. The molecule has 1 unspecified atom stereocenters. The van der Waals surface area contributed by atoms with Crippen molar-refractivity contribution in [1.29, 1.82) is 0 Å². The first-order chi connectivity index (χ1) is 9.16. The summed E-state index contributed by atoms with van der Waals surface area (Å²) >= 11 is 0. The number of benzene rings is 2. The van der Waals surface area contributed by atoms with Crippen LogP contribution >= 0.6 is 0 Å². The van der Waals surface area contributed by atoms with Gasteiger partial charge in [0, 0.05) is 18.1 Å². The summed E-state index contributed by atoms with van der Waals surface area (Å²) in [5.74, 6) is -0.305. The van der Waals surface area contributed by atoms with Crippen molar-refractivity contribution in [3.05, 3.63) is 42.5 Å². The minimum absolute atomic E-state index is 0.136. The van der Waals surface area contributed by atoms with Gasteiger partial charge in [-0.05, 0) is 11.5 Å². The largest absolute Gasteiger partial charge is 0.373 e. The first-order valence-electron chi connectivity index (χ1n) is 6.21. The normalized spacial score (nSPS) is 19.2. The Morgan fingerprint density at radius 3 is 2.58 bits per heavy atom. The number of imide groups is 1. The van der Waals surface area contributed by atoms with E-state index in [0.29, 0.717) is 0 Å². The van der Waals surface area contributed by atoms with Gasteiger partial charge in [0.15, 0.2) is 0 Å². The van der Waals surface area contributed by atoms with Crippen LogP contribution in [-0.4, -0.2) is 29.8 Å². The smallest absolute Gasteiger partial charge is 0.251 e. The minimum atomic E-state index is -0.455. The molecule has 0 spiro atoms. The number of rotatable bonds is 2. The van der Waals surface area contributed by atoms with Crippen molar-refractivity contribution >= 4 is 28.3 Å². The van der Waals surface area contributed by atoms with Gasteiger partial charge in [0.1, 0.15) is 6.04 Å². The molecule has 0 aliphatic carbocycles. The van der Waals surface area contributed by atoms with Crippen LogP contribution in [0.15, 0.2) is 42.5 Å². The molecule has 2 amide bonds. The third-order valence-electron chi connectivity index (χ3n) is 3.50. The number of nitrogens with one attached hydrogen (secondary N) is 1. The van der Waals surface area contributed by atoms with Crippen LogP contribution in [0.4, 0.5) is 5.69 Å². The number of carbonyl (C=O) groups excluding carboxylic acids is 2. The number of amides is 2. The summed E-state index contributed by atoms with van der Waals surface area (Å²) in [6.07, 6.45) is 0.221. The molecule has 2 aromatic rings. The van der Waals surface area contributed by atoms with Crippen molar-refractivity contribution in [2.24, 2.45) is 0 Å². The molecule has 2 aromatic carbocycles. The Bertz CT molecular complexity index is 661. The predicted octanol–water partition coefficient (Wildman–Crippen LogP) is 2.01. The molecule has 1 saturated heterocycles. The highest BCUT2D eigenvalue weighted by Gasteiger charge is 2.35. The van der Waals surface area contributed by atoms with E-state index in [1.807, 2.05) is 42.5 Å². The topological polar surface area (TPSA) is 49.4 Å². The number of anilines is 1. The van der Waals surface area contributed by atoms with Gasteiger partial charge >= 0.3 is 0 Å². The molecule has 4 nitrogen and oxygen atoms in total.